The van der Waals surface area contributed by atoms with E-state index in [1.807, 2.05) is 42.5 Å². The number of amides is 1. The molecule has 0 fully saturated rings. The first-order valence-electron chi connectivity index (χ1n) is 7.38. The zero-order chi connectivity index (χ0) is 16.4. The molecule has 1 atom stereocenters. The summed E-state index contributed by atoms with van der Waals surface area (Å²) in [7, 11) is 0. The van der Waals surface area contributed by atoms with Crippen molar-refractivity contribution in [1.29, 1.82) is 0 Å². The number of hydrogen-bond donors (Lipinski definition) is 1. The first-order chi connectivity index (χ1) is 11.8. The van der Waals surface area contributed by atoms with E-state index in [0.29, 0.717) is 17.2 Å². The molecule has 0 aliphatic carbocycles. The van der Waals surface area contributed by atoms with Gasteiger partial charge < -0.3 is 14.8 Å². The molecule has 1 aliphatic rings. The van der Waals surface area contributed by atoms with Gasteiger partial charge in [-0.1, -0.05) is 42.5 Å². The average molecular weight is 323 g/mol. The van der Waals surface area contributed by atoms with Crippen molar-refractivity contribution in [3.05, 3.63) is 54.6 Å². The number of aromatic nitrogens is 2. The lowest BCUT2D eigenvalue weighted by Gasteiger charge is -2.25. The summed E-state index contributed by atoms with van der Waals surface area (Å²) in [6.45, 7) is 0.120. The van der Waals surface area contributed by atoms with E-state index in [-0.39, 0.29) is 18.3 Å². The second-order valence-corrected chi connectivity index (χ2v) is 5.18. The number of carbonyl (C=O) groups excluding carboxylic acids is 1. The summed E-state index contributed by atoms with van der Waals surface area (Å²) >= 11 is 0. The van der Waals surface area contributed by atoms with E-state index in [2.05, 4.69) is 15.6 Å². The number of hydrogen-bond acceptors (Lipinski definition) is 6. The van der Waals surface area contributed by atoms with Gasteiger partial charge in [-0.2, -0.15) is 0 Å². The van der Waals surface area contributed by atoms with Crippen LogP contribution in [0.4, 0.5) is 5.82 Å². The highest BCUT2D eigenvalue weighted by atomic mass is 16.6. The predicted molar refractivity (Wildman–Crippen MR) is 84.7 cm³/mol. The molecule has 1 aromatic heterocycles. The van der Waals surface area contributed by atoms with Gasteiger partial charge in [0.25, 0.3) is 5.91 Å². The van der Waals surface area contributed by atoms with Crippen LogP contribution in [0.2, 0.25) is 0 Å². The second-order valence-electron chi connectivity index (χ2n) is 5.18. The summed E-state index contributed by atoms with van der Waals surface area (Å²) < 4.78 is 16.0. The standard InChI is InChI=1S/C17H13N3O4/c21-17(14-10-22-12-8-4-5-9-13(12)23-14)18-16-15(19-24-20-16)11-6-2-1-3-7-11/h1-9,14H,10H2,(H,18,20,21)/t14-/m1/s1. The quantitative estimate of drug-likeness (QED) is 0.797. The summed E-state index contributed by atoms with van der Waals surface area (Å²) in [6.07, 6.45) is -0.778. The molecule has 1 N–H and O–H groups in total. The van der Waals surface area contributed by atoms with Gasteiger partial charge in [0.1, 0.15) is 6.61 Å². The van der Waals surface area contributed by atoms with Crippen LogP contribution in [0.1, 0.15) is 0 Å². The molecule has 3 aromatic rings. The van der Waals surface area contributed by atoms with Gasteiger partial charge in [0, 0.05) is 5.56 Å². The molecule has 7 heteroatoms. The predicted octanol–water partition coefficient (Wildman–Crippen LogP) is 2.52. The Kier molecular flexibility index (Phi) is 3.59. The maximum atomic E-state index is 12.4. The maximum absolute atomic E-state index is 12.4. The third-order valence-corrected chi connectivity index (χ3v) is 3.58. The zero-order valence-corrected chi connectivity index (χ0v) is 12.5. The Bertz CT molecular complexity index is 863. The third-order valence-electron chi connectivity index (χ3n) is 3.58. The van der Waals surface area contributed by atoms with Gasteiger partial charge in [-0.3, -0.25) is 4.79 Å². The molecule has 0 spiro atoms. The minimum Gasteiger partial charge on any atom is -0.485 e. The normalized spacial score (nSPS) is 15.8. The summed E-state index contributed by atoms with van der Waals surface area (Å²) in [4.78, 5) is 12.4. The number of fused-ring (bicyclic) bond motifs is 1. The largest absolute Gasteiger partial charge is 0.485 e. The van der Waals surface area contributed by atoms with Crippen LogP contribution >= 0.6 is 0 Å². The summed E-state index contributed by atoms with van der Waals surface area (Å²) in [5.74, 6) is 1.02. The highest BCUT2D eigenvalue weighted by Gasteiger charge is 2.28. The van der Waals surface area contributed by atoms with Crippen molar-refractivity contribution in [3.63, 3.8) is 0 Å². The van der Waals surface area contributed by atoms with E-state index in [0.717, 1.165) is 5.56 Å². The second kappa shape index (κ2) is 6.04. The Balaban J connectivity index is 1.51. The molecule has 7 nitrogen and oxygen atoms in total. The lowest BCUT2D eigenvalue weighted by atomic mass is 10.1. The fourth-order valence-corrected chi connectivity index (χ4v) is 2.40. The zero-order valence-electron chi connectivity index (χ0n) is 12.5. The van der Waals surface area contributed by atoms with Crippen molar-refractivity contribution >= 4 is 11.7 Å². The van der Waals surface area contributed by atoms with Crippen LogP contribution < -0.4 is 14.8 Å². The van der Waals surface area contributed by atoms with Gasteiger partial charge in [-0.25, -0.2) is 4.63 Å². The van der Waals surface area contributed by atoms with Crippen LogP contribution in [0, 0.1) is 0 Å². The van der Waals surface area contributed by atoms with Gasteiger partial charge in [-0.05, 0) is 22.4 Å². The fraction of sp³-hybridized carbons (Fsp3) is 0.118. The molecule has 0 bridgehead atoms. The molecule has 1 aliphatic heterocycles. The van der Waals surface area contributed by atoms with Gasteiger partial charge in [0.05, 0.1) is 0 Å². The molecule has 0 saturated carbocycles. The lowest BCUT2D eigenvalue weighted by molar-refractivity contribution is -0.125. The molecule has 2 aromatic carbocycles. The van der Waals surface area contributed by atoms with Crippen LogP contribution in [0.5, 0.6) is 11.5 Å². The van der Waals surface area contributed by atoms with Crippen molar-refractivity contribution < 1.29 is 18.9 Å². The summed E-state index contributed by atoms with van der Waals surface area (Å²) in [6, 6.07) is 16.5. The van der Waals surface area contributed by atoms with E-state index in [4.69, 9.17) is 14.1 Å². The molecule has 24 heavy (non-hydrogen) atoms. The monoisotopic (exact) mass is 323 g/mol. The van der Waals surface area contributed by atoms with Gasteiger partial charge >= 0.3 is 0 Å². The summed E-state index contributed by atoms with van der Waals surface area (Å²) in [5, 5.41) is 10.3. The molecule has 1 amide bonds. The molecule has 0 saturated heterocycles. The van der Waals surface area contributed by atoms with Gasteiger partial charge in [-0.15, -0.1) is 0 Å². The van der Waals surface area contributed by atoms with Crippen molar-refractivity contribution in [2.45, 2.75) is 6.10 Å². The molecule has 2 heterocycles. The highest BCUT2D eigenvalue weighted by Crippen LogP contribution is 2.31. The van der Waals surface area contributed by atoms with E-state index in [9.17, 15) is 4.79 Å². The smallest absolute Gasteiger partial charge is 0.270 e. The molecule has 4 rings (SSSR count). The minimum absolute atomic E-state index is 0.120. The highest BCUT2D eigenvalue weighted by molar-refractivity contribution is 5.96. The topological polar surface area (TPSA) is 86.5 Å². The summed E-state index contributed by atoms with van der Waals surface area (Å²) in [5.41, 5.74) is 1.25. The molecule has 120 valence electrons. The SMILES string of the molecule is O=C(Nc1nonc1-c1ccccc1)[C@H]1COc2ccccc2O1. The molecular weight excluding hydrogens is 310 g/mol. The first kappa shape index (κ1) is 14.3. The van der Waals surface area contributed by atoms with Crippen LogP contribution in [-0.2, 0) is 4.79 Å². The van der Waals surface area contributed by atoms with Crippen LogP contribution in [-0.4, -0.2) is 28.9 Å². The van der Waals surface area contributed by atoms with Crippen molar-refractivity contribution in [1.82, 2.24) is 10.3 Å². The first-order valence-corrected chi connectivity index (χ1v) is 7.38. The lowest BCUT2D eigenvalue weighted by Crippen LogP contribution is -2.40. The van der Waals surface area contributed by atoms with Crippen molar-refractivity contribution in [2.75, 3.05) is 11.9 Å². The maximum Gasteiger partial charge on any atom is 0.270 e. The number of benzene rings is 2. The Morgan fingerprint density at radius 2 is 1.75 bits per heavy atom. The van der Waals surface area contributed by atoms with Crippen molar-refractivity contribution in [2.24, 2.45) is 0 Å². The Labute approximate surface area is 137 Å². The van der Waals surface area contributed by atoms with E-state index in [1.165, 1.54) is 0 Å². The van der Waals surface area contributed by atoms with Gasteiger partial charge in [0.15, 0.2) is 17.2 Å². The third kappa shape index (κ3) is 2.67. The number of rotatable bonds is 3. The number of nitrogens with one attached hydrogen (secondary N) is 1. The van der Waals surface area contributed by atoms with Crippen molar-refractivity contribution in [3.8, 4) is 22.8 Å². The van der Waals surface area contributed by atoms with Crippen LogP contribution in [0.15, 0.2) is 59.2 Å². The number of para-hydroxylation sites is 2. The molecular formula is C17H13N3O4. The average Bonchev–Trinajstić information content (AvgIpc) is 3.10. The van der Waals surface area contributed by atoms with E-state index in [1.54, 1.807) is 12.1 Å². The molecule has 0 radical (unpaired) electrons. The molecule has 0 unspecified atom stereocenters. The minimum atomic E-state index is -0.778. The Hall–Kier alpha value is -3.35. The fourth-order valence-electron chi connectivity index (χ4n) is 2.40. The number of nitrogens with zero attached hydrogens (tertiary/aromatic N) is 2. The number of carbonyl (C=O) groups is 1. The van der Waals surface area contributed by atoms with Gasteiger partial charge in [0.2, 0.25) is 11.9 Å². The number of anilines is 1. The van der Waals surface area contributed by atoms with E-state index >= 15 is 0 Å². The Morgan fingerprint density at radius 3 is 2.58 bits per heavy atom. The Morgan fingerprint density at radius 1 is 1.00 bits per heavy atom. The van der Waals surface area contributed by atoms with Crippen LogP contribution in [0.3, 0.4) is 0 Å². The van der Waals surface area contributed by atoms with E-state index < -0.39 is 6.10 Å². The number of ether oxygens (including phenoxy) is 2. The van der Waals surface area contributed by atoms with Crippen LogP contribution in [0.25, 0.3) is 11.3 Å².